The molecule has 1 aliphatic heterocycles. The van der Waals surface area contributed by atoms with Gasteiger partial charge < -0.3 is 10.6 Å². The first-order valence-electron chi connectivity index (χ1n) is 5.85. The smallest absolute Gasteiger partial charge is 0.184 e. The van der Waals surface area contributed by atoms with E-state index in [-0.39, 0.29) is 0 Å². The lowest BCUT2D eigenvalue weighted by molar-refractivity contribution is 0.479. The Labute approximate surface area is 109 Å². The normalized spacial score (nSPS) is 17.5. The Morgan fingerprint density at radius 3 is 2.94 bits per heavy atom. The predicted octanol–water partition coefficient (Wildman–Crippen LogP) is 3.11. The van der Waals surface area contributed by atoms with E-state index in [2.05, 4.69) is 21.7 Å². The first-order valence-corrected chi connectivity index (χ1v) is 7.05. The summed E-state index contributed by atoms with van der Waals surface area (Å²) >= 11 is 7.80. The maximum Gasteiger partial charge on any atom is 0.184 e. The average Bonchev–Trinajstić information content (AvgIpc) is 2.74. The molecule has 1 aliphatic rings. The van der Waals surface area contributed by atoms with Crippen LogP contribution in [0.15, 0.2) is 18.2 Å². The monoisotopic (exact) mass is 267 g/mol. The van der Waals surface area contributed by atoms with Crippen molar-refractivity contribution in [1.82, 2.24) is 10.3 Å². The zero-order valence-electron chi connectivity index (χ0n) is 9.37. The number of halogens is 1. The van der Waals surface area contributed by atoms with Crippen molar-refractivity contribution in [3.05, 3.63) is 23.2 Å². The molecule has 1 saturated heterocycles. The largest absolute Gasteiger partial charge is 0.359 e. The van der Waals surface area contributed by atoms with Gasteiger partial charge in [0.1, 0.15) is 5.52 Å². The quantitative estimate of drug-likeness (QED) is 0.878. The summed E-state index contributed by atoms with van der Waals surface area (Å²) < 4.78 is 1.15. The maximum atomic E-state index is 6.12. The first-order chi connectivity index (χ1) is 8.33. The summed E-state index contributed by atoms with van der Waals surface area (Å²) in [5, 5.41) is 8.58. The van der Waals surface area contributed by atoms with Crippen molar-refractivity contribution in [3.8, 4) is 0 Å². The number of para-hydroxylation sites is 1. The summed E-state index contributed by atoms with van der Waals surface area (Å²) in [5.41, 5.74) is 0.913. The van der Waals surface area contributed by atoms with E-state index >= 15 is 0 Å². The van der Waals surface area contributed by atoms with Crippen LogP contribution in [-0.4, -0.2) is 24.1 Å². The fourth-order valence-electron chi connectivity index (χ4n) is 2.12. The summed E-state index contributed by atoms with van der Waals surface area (Å²) in [7, 11) is 0. The number of benzene rings is 1. The third kappa shape index (κ3) is 2.39. The number of rotatable bonds is 2. The molecule has 5 heteroatoms. The third-order valence-electron chi connectivity index (χ3n) is 3.04. The molecule has 1 fully saturated rings. The Bertz CT molecular complexity index is 519. The molecular formula is C12H14ClN3S. The number of piperidine rings is 1. The lowest BCUT2D eigenvalue weighted by Gasteiger charge is -2.23. The number of nitrogens with one attached hydrogen (secondary N) is 2. The van der Waals surface area contributed by atoms with Gasteiger partial charge in [-0.2, -0.15) is 0 Å². The van der Waals surface area contributed by atoms with Crippen LogP contribution in [0.5, 0.6) is 0 Å². The molecule has 17 heavy (non-hydrogen) atoms. The summed E-state index contributed by atoms with van der Waals surface area (Å²) in [6.07, 6.45) is 2.31. The van der Waals surface area contributed by atoms with Gasteiger partial charge in [-0.05, 0) is 38.1 Å². The topological polar surface area (TPSA) is 37.0 Å². The van der Waals surface area contributed by atoms with Crippen LogP contribution in [0.3, 0.4) is 0 Å². The molecule has 2 aromatic rings. The van der Waals surface area contributed by atoms with E-state index in [0.717, 1.165) is 46.3 Å². The van der Waals surface area contributed by atoms with Gasteiger partial charge in [-0.3, -0.25) is 0 Å². The van der Waals surface area contributed by atoms with Gasteiger partial charge in [0.2, 0.25) is 0 Å². The van der Waals surface area contributed by atoms with Crippen molar-refractivity contribution < 1.29 is 0 Å². The fourth-order valence-corrected chi connectivity index (χ4v) is 3.36. The highest BCUT2D eigenvalue weighted by atomic mass is 35.5. The number of thiazole rings is 1. The van der Waals surface area contributed by atoms with Crippen LogP contribution in [0.25, 0.3) is 10.2 Å². The molecule has 0 unspecified atom stereocenters. The molecule has 2 N–H and O–H groups in total. The van der Waals surface area contributed by atoms with Gasteiger partial charge >= 0.3 is 0 Å². The Morgan fingerprint density at radius 1 is 1.35 bits per heavy atom. The molecule has 2 heterocycles. The summed E-state index contributed by atoms with van der Waals surface area (Å²) in [6.45, 7) is 2.17. The van der Waals surface area contributed by atoms with Crippen LogP contribution in [0.1, 0.15) is 12.8 Å². The third-order valence-corrected chi connectivity index (χ3v) is 4.29. The molecule has 0 aliphatic carbocycles. The summed E-state index contributed by atoms with van der Waals surface area (Å²) in [6, 6.07) is 6.46. The molecule has 3 rings (SSSR count). The minimum absolute atomic E-state index is 0.538. The van der Waals surface area contributed by atoms with E-state index in [1.807, 2.05) is 12.1 Å². The van der Waals surface area contributed by atoms with Crippen molar-refractivity contribution >= 4 is 38.3 Å². The minimum Gasteiger partial charge on any atom is -0.359 e. The maximum absolute atomic E-state index is 6.12. The Kier molecular flexibility index (Phi) is 3.18. The highest BCUT2D eigenvalue weighted by Gasteiger charge is 2.14. The van der Waals surface area contributed by atoms with Crippen LogP contribution >= 0.6 is 22.9 Å². The zero-order valence-corrected chi connectivity index (χ0v) is 10.9. The van der Waals surface area contributed by atoms with Crippen LogP contribution in [0.2, 0.25) is 5.02 Å². The molecule has 90 valence electrons. The Hall–Kier alpha value is -0.840. The fraction of sp³-hybridized carbons (Fsp3) is 0.417. The SMILES string of the molecule is Clc1cccc2sc(NC3CCNCC3)nc12. The molecule has 0 saturated carbocycles. The second-order valence-electron chi connectivity index (χ2n) is 4.27. The van der Waals surface area contributed by atoms with Gasteiger partial charge in [-0.25, -0.2) is 4.98 Å². The van der Waals surface area contributed by atoms with Crippen molar-refractivity contribution in [2.24, 2.45) is 0 Å². The van der Waals surface area contributed by atoms with E-state index < -0.39 is 0 Å². The number of nitrogens with zero attached hydrogens (tertiary/aromatic N) is 1. The zero-order chi connectivity index (χ0) is 11.7. The number of fused-ring (bicyclic) bond motifs is 1. The second-order valence-corrected chi connectivity index (χ2v) is 5.71. The van der Waals surface area contributed by atoms with Crippen molar-refractivity contribution in [1.29, 1.82) is 0 Å². The van der Waals surface area contributed by atoms with Gasteiger partial charge in [0.05, 0.1) is 9.72 Å². The van der Waals surface area contributed by atoms with Gasteiger partial charge in [0.15, 0.2) is 5.13 Å². The lowest BCUT2D eigenvalue weighted by atomic mass is 10.1. The molecule has 0 bridgehead atoms. The number of hydrogen-bond donors (Lipinski definition) is 2. The van der Waals surface area contributed by atoms with Crippen LogP contribution in [0, 0.1) is 0 Å². The highest BCUT2D eigenvalue weighted by molar-refractivity contribution is 7.22. The molecule has 0 atom stereocenters. The summed E-state index contributed by atoms with van der Waals surface area (Å²) in [5.74, 6) is 0. The number of hydrogen-bond acceptors (Lipinski definition) is 4. The van der Waals surface area contributed by atoms with Gasteiger partial charge in [-0.15, -0.1) is 0 Å². The van der Waals surface area contributed by atoms with Gasteiger partial charge in [-0.1, -0.05) is 29.0 Å². The van der Waals surface area contributed by atoms with E-state index in [1.165, 1.54) is 0 Å². The van der Waals surface area contributed by atoms with Crippen molar-refractivity contribution in [2.75, 3.05) is 18.4 Å². The van der Waals surface area contributed by atoms with Gasteiger partial charge in [0.25, 0.3) is 0 Å². The molecule has 0 radical (unpaired) electrons. The highest BCUT2D eigenvalue weighted by Crippen LogP contribution is 2.31. The molecule has 1 aromatic heterocycles. The molecular weight excluding hydrogens is 254 g/mol. The first kappa shape index (κ1) is 11.3. The molecule has 0 amide bonds. The molecule has 1 aromatic carbocycles. The minimum atomic E-state index is 0.538. The average molecular weight is 268 g/mol. The summed E-state index contributed by atoms with van der Waals surface area (Å²) in [4.78, 5) is 4.56. The lowest BCUT2D eigenvalue weighted by Crippen LogP contribution is -2.35. The predicted molar refractivity (Wildman–Crippen MR) is 74.1 cm³/mol. The molecule has 3 nitrogen and oxygen atoms in total. The Balaban J connectivity index is 1.83. The second kappa shape index (κ2) is 4.80. The standard InChI is InChI=1S/C12H14ClN3S/c13-9-2-1-3-10-11(9)16-12(17-10)15-8-4-6-14-7-5-8/h1-3,8,14H,4-7H2,(H,15,16). The van der Waals surface area contributed by atoms with E-state index in [0.29, 0.717) is 6.04 Å². The number of anilines is 1. The number of aromatic nitrogens is 1. The van der Waals surface area contributed by atoms with Crippen molar-refractivity contribution in [2.45, 2.75) is 18.9 Å². The van der Waals surface area contributed by atoms with Crippen LogP contribution in [-0.2, 0) is 0 Å². The van der Waals surface area contributed by atoms with E-state index in [1.54, 1.807) is 11.3 Å². The van der Waals surface area contributed by atoms with Crippen molar-refractivity contribution in [3.63, 3.8) is 0 Å². The van der Waals surface area contributed by atoms with Crippen LogP contribution < -0.4 is 10.6 Å². The van der Waals surface area contributed by atoms with Gasteiger partial charge in [0, 0.05) is 6.04 Å². The van der Waals surface area contributed by atoms with Crippen LogP contribution in [0.4, 0.5) is 5.13 Å². The van der Waals surface area contributed by atoms with E-state index in [9.17, 15) is 0 Å². The van der Waals surface area contributed by atoms with E-state index in [4.69, 9.17) is 11.6 Å². The Morgan fingerprint density at radius 2 is 2.18 bits per heavy atom. The molecule has 0 spiro atoms.